The van der Waals surface area contributed by atoms with Crippen LogP contribution in [0.25, 0.3) is 0 Å². The molecule has 0 saturated carbocycles. The smallest absolute Gasteiger partial charge is 0.233 e. The lowest BCUT2D eigenvalue weighted by Crippen LogP contribution is -2.37. The van der Waals surface area contributed by atoms with Gasteiger partial charge in [-0.25, -0.2) is 0 Å². The van der Waals surface area contributed by atoms with Crippen molar-refractivity contribution in [2.75, 3.05) is 26.2 Å². The standard InChI is InChI=1S/C11H21BrN2O/c1-10(12)11(15)13-6-9-14-7-4-2-3-5-8-14/h10H,2-9H2,1H3,(H,13,15). The Bertz CT molecular complexity index is 189. The molecular formula is C11H21BrN2O. The summed E-state index contributed by atoms with van der Waals surface area (Å²) in [5.74, 6) is 0.0878. The number of nitrogens with zero attached hydrogens (tertiary/aromatic N) is 1. The molecule has 1 aliphatic rings. The van der Waals surface area contributed by atoms with Crippen LogP contribution in [0.2, 0.25) is 0 Å². The first-order valence-electron chi connectivity index (χ1n) is 5.84. The highest BCUT2D eigenvalue weighted by Gasteiger charge is 2.10. The number of likely N-dealkylation sites (tertiary alicyclic amines) is 1. The largest absolute Gasteiger partial charge is 0.354 e. The van der Waals surface area contributed by atoms with E-state index in [2.05, 4.69) is 26.1 Å². The van der Waals surface area contributed by atoms with Gasteiger partial charge in [-0.2, -0.15) is 0 Å². The highest BCUT2D eigenvalue weighted by molar-refractivity contribution is 9.10. The van der Waals surface area contributed by atoms with Crippen molar-refractivity contribution in [1.29, 1.82) is 0 Å². The number of halogens is 1. The van der Waals surface area contributed by atoms with E-state index in [9.17, 15) is 4.79 Å². The van der Waals surface area contributed by atoms with E-state index in [-0.39, 0.29) is 10.7 Å². The van der Waals surface area contributed by atoms with E-state index in [4.69, 9.17) is 0 Å². The summed E-state index contributed by atoms with van der Waals surface area (Å²) < 4.78 is 0. The monoisotopic (exact) mass is 276 g/mol. The summed E-state index contributed by atoms with van der Waals surface area (Å²) in [6, 6.07) is 0. The molecule has 0 aromatic heterocycles. The molecule has 1 fully saturated rings. The molecule has 1 amide bonds. The molecule has 0 bridgehead atoms. The van der Waals surface area contributed by atoms with E-state index in [1.807, 2.05) is 6.92 Å². The first-order chi connectivity index (χ1) is 7.20. The van der Waals surface area contributed by atoms with Crippen molar-refractivity contribution in [3.63, 3.8) is 0 Å². The Morgan fingerprint density at radius 1 is 1.33 bits per heavy atom. The second-order valence-electron chi connectivity index (χ2n) is 4.16. The van der Waals surface area contributed by atoms with Crippen LogP contribution >= 0.6 is 15.9 Å². The SMILES string of the molecule is CC(Br)C(=O)NCCN1CCCCCC1. The maximum Gasteiger partial charge on any atom is 0.233 e. The number of carbonyl (C=O) groups is 1. The van der Waals surface area contributed by atoms with E-state index in [1.165, 1.54) is 38.8 Å². The van der Waals surface area contributed by atoms with Crippen LogP contribution in [0.1, 0.15) is 32.6 Å². The number of hydrogen-bond acceptors (Lipinski definition) is 2. The molecule has 1 heterocycles. The quantitative estimate of drug-likeness (QED) is 0.794. The third-order valence-electron chi connectivity index (χ3n) is 2.79. The summed E-state index contributed by atoms with van der Waals surface area (Å²) in [4.78, 5) is 13.6. The van der Waals surface area contributed by atoms with E-state index >= 15 is 0 Å². The summed E-state index contributed by atoms with van der Waals surface area (Å²) in [5, 5.41) is 2.92. The summed E-state index contributed by atoms with van der Waals surface area (Å²) in [5.41, 5.74) is 0. The van der Waals surface area contributed by atoms with Crippen LogP contribution in [0, 0.1) is 0 Å². The summed E-state index contributed by atoms with van der Waals surface area (Å²) in [6.07, 6.45) is 5.34. The van der Waals surface area contributed by atoms with E-state index in [0.29, 0.717) is 0 Å². The Morgan fingerprint density at radius 2 is 1.93 bits per heavy atom. The van der Waals surface area contributed by atoms with E-state index < -0.39 is 0 Å². The number of carbonyl (C=O) groups excluding carboxylic acids is 1. The Labute approximate surface area is 101 Å². The molecule has 0 radical (unpaired) electrons. The number of hydrogen-bond donors (Lipinski definition) is 1. The van der Waals surface area contributed by atoms with Gasteiger partial charge in [-0.05, 0) is 32.9 Å². The fourth-order valence-corrected chi connectivity index (χ4v) is 2.00. The van der Waals surface area contributed by atoms with Gasteiger partial charge >= 0.3 is 0 Å². The van der Waals surface area contributed by atoms with Gasteiger partial charge in [0.15, 0.2) is 0 Å². The van der Waals surface area contributed by atoms with Gasteiger partial charge < -0.3 is 10.2 Å². The van der Waals surface area contributed by atoms with Crippen LogP contribution in [-0.2, 0) is 4.79 Å². The van der Waals surface area contributed by atoms with E-state index in [1.54, 1.807) is 0 Å². The lowest BCUT2D eigenvalue weighted by molar-refractivity contribution is -0.120. The molecule has 0 aliphatic carbocycles. The zero-order chi connectivity index (χ0) is 11.1. The van der Waals surface area contributed by atoms with Crippen molar-refractivity contribution in [1.82, 2.24) is 10.2 Å². The minimum Gasteiger partial charge on any atom is -0.354 e. The molecule has 1 unspecified atom stereocenters. The third-order valence-corrected chi connectivity index (χ3v) is 3.20. The minimum absolute atomic E-state index is 0.0818. The highest BCUT2D eigenvalue weighted by atomic mass is 79.9. The van der Waals surface area contributed by atoms with Gasteiger partial charge in [0, 0.05) is 13.1 Å². The van der Waals surface area contributed by atoms with E-state index in [0.717, 1.165) is 13.1 Å². The maximum absolute atomic E-state index is 11.3. The van der Waals surface area contributed by atoms with Crippen molar-refractivity contribution >= 4 is 21.8 Å². The fourth-order valence-electron chi connectivity index (χ4n) is 1.84. The van der Waals surface area contributed by atoms with Gasteiger partial charge in [0.25, 0.3) is 0 Å². The summed E-state index contributed by atoms with van der Waals surface area (Å²) in [7, 11) is 0. The van der Waals surface area contributed by atoms with Gasteiger partial charge in [-0.15, -0.1) is 0 Å². The lowest BCUT2D eigenvalue weighted by atomic mass is 10.2. The molecule has 3 nitrogen and oxygen atoms in total. The predicted molar refractivity (Wildman–Crippen MR) is 66.3 cm³/mol. The number of rotatable bonds is 4. The average Bonchev–Trinajstić information content (AvgIpc) is 2.46. The van der Waals surface area contributed by atoms with Crippen molar-refractivity contribution < 1.29 is 4.79 Å². The normalized spacial score (nSPS) is 20.7. The average molecular weight is 277 g/mol. The molecule has 0 spiro atoms. The van der Waals surface area contributed by atoms with Crippen LogP contribution in [0.3, 0.4) is 0 Å². The zero-order valence-electron chi connectivity index (χ0n) is 9.47. The molecule has 0 aromatic rings. The highest BCUT2D eigenvalue weighted by Crippen LogP contribution is 2.08. The fraction of sp³-hybridized carbons (Fsp3) is 0.909. The Morgan fingerprint density at radius 3 is 2.47 bits per heavy atom. The first kappa shape index (κ1) is 13.0. The summed E-state index contributed by atoms with van der Waals surface area (Å²) in [6.45, 7) is 6.00. The molecule has 1 N–H and O–H groups in total. The van der Waals surface area contributed by atoms with Gasteiger partial charge in [0.1, 0.15) is 0 Å². The van der Waals surface area contributed by atoms with Crippen LogP contribution in [0.5, 0.6) is 0 Å². The number of nitrogens with one attached hydrogen (secondary N) is 1. The number of alkyl halides is 1. The van der Waals surface area contributed by atoms with Gasteiger partial charge in [0.2, 0.25) is 5.91 Å². The topological polar surface area (TPSA) is 32.3 Å². The molecule has 15 heavy (non-hydrogen) atoms. The van der Waals surface area contributed by atoms with Crippen LogP contribution in [-0.4, -0.2) is 41.8 Å². The molecule has 1 aliphatic heterocycles. The Kier molecular flexibility index (Phi) is 6.25. The molecular weight excluding hydrogens is 256 g/mol. The molecule has 88 valence electrons. The first-order valence-corrected chi connectivity index (χ1v) is 6.76. The predicted octanol–water partition coefficient (Wildman–Crippen LogP) is 1.76. The van der Waals surface area contributed by atoms with Crippen molar-refractivity contribution in [2.45, 2.75) is 37.4 Å². The lowest BCUT2D eigenvalue weighted by Gasteiger charge is -2.19. The Balaban J connectivity index is 2.10. The molecule has 1 atom stereocenters. The summed E-state index contributed by atoms with van der Waals surface area (Å²) >= 11 is 3.25. The zero-order valence-corrected chi connectivity index (χ0v) is 11.1. The second kappa shape index (κ2) is 7.23. The second-order valence-corrected chi connectivity index (χ2v) is 5.54. The molecule has 4 heteroatoms. The Hall–Kier alpha value is -0.0900. The van der Waals surface area contributed by atoms with Crippen LogP contribution in [0.15, 0.2) is 0 Å². The maximum atomic E-state index is 11.3. The number of amides is 1. The van der Waals surface area contributed by atoms with Crippen molar-refractivity contribution in [3.05, 3.63) is 0 Å². The molecule has 0 aromatic carbocycles. The molecule has 1 rings (SSSR count). The minimum atomic E-state index is -0.0818. The van der Waals surface area contributed by atoms with Crippen LogP contribution < -0.4 is 5.32 Å². The molecule has 1 saturated heterocycles. The van der Waals surface area contributed by atoms with Gasteiger partial charge in [0.05, 0.1) is 4.83 Å². The van der Waals surface area contributed by atoms with Crippen molar-refractivity contribution in [2.24, 2.45) is 0 Å². The van der Waals surface area contributed by atoms with Gasteiger partial charge in [-0.3, -0.25) is 4.79 Å². The van der Waals surface area contributed by atoms with Crippen molar-refractivity contribution in [3.8, 4) is 0 Å². The third kappa shape index (κ3) is 5.52. The van der Waals surface area contributed by atoms with Crippen LogP contribution in [0.4, 0.5) is 0 Å². The van der Waals surface area contributed by atoms with Gasteiger partial charge in [-0.1, -0.05) is 28.8 Å².